The maximum Gasteiger partial charge on any atom is 0.159 e. The van der Waals surface area contributed by atoms with E-state index in [9.17, 15) is 0 Å². The molecule has 272 valence electrons. The Kier molecular flexibility index (Phi) is 7.47. The molecule has 3 heterocycles. The third-order valence-electron chi connectivity index (χ3n) is 11.6. The fourth-order valence-corrected chi connectivity index (χ4v) is 9.94. The highest BCUT2D eigenvalue weighted by molar-refractivity contribution is 7.99. The van der Waals surface area contributed by atoms with Gasteiger partial charge in [-0.05, 0) is 100 Å². The van der Waals surface area contributed by atoms with Crippen molar-refractivity contribution < 1.29 is 4.42 Å². The summed E-state index contributed by atoms with van der Waals surface area (Å²) >= 11 is 1.83. The number of hydrogen-bond acceptors (Lipinski definition) is 3. The molecule has 0 fully saturated rings. The number of anilines is 3. The molecule has 0 N–H and O–H groups in total. The standard InChI is InChI=1S/C54H34N2OS/c1-2-12-35(13-3-1)36-24-28-41(29-25-36)55-46-19-6-4-16-42(46)43-30-26-39(33-50(43)55)37-14-10-15-38(32-37)40-27-31-48-53(34-40)58-52-23-9-7-20-47(52)56(48)49-21-11-18-45-44-17-5-8-22-51(44)57-54(45)49/h1-34H. The van der Waals surface area contributed by atoms with Crippen LogP contribution in [0.1, 0.15) is 0 Å². The molecule has 0 radical (unpaired) electrons. The van der Waals surface area contributed by atoms with Gasteiger partial charge in [0.05, 0.1) is 28.1 Å². The van der Waals surface area contributed by atoms with Crippen LogP contribution in [0.4, 0.5) is 17.1 Å². The van der Waals surface area contributed by atoms with Crippen molar-refractivity contribution in [2.24, 2.45) is 0 Å². The van der Waals surface area contributed by atoms with Crippen LogP contribution in [0.25, 0.3) is 82.8 Å². The second-order valence-electron chi connectivity index (χ2n) is 14.9. The van der Waals surface area contributed by atoms with E-state index in [0.717, 1.165) is 44.7 Å². The van der Waals surface area contributed by atoms with Crippen molar-refractivity contribution in [2.75, 3.05) is 4.90 Å². The first-order valence-corrected chi connectivity index (χ1v) is 20.5. The molecule has 0 amide bonds. The highest BCUT2D eigenvalue weighted by atomic mass is 32.2. The lowest BCUT2D eigenvalue weighted by Gasteiger charge is -2.33. The Hall–Kier alpha value is -7.27. The van der Waals surface area contributed by atoms with E-state index in [1.165, 1.54) is 65.0 Å². The summed E-state index contributed by atoms with van der Waals surface area (Å²) in [5.74, 6) is 0. The Labute approximate surface area is 340 Å². The van der Waals surface area contributed by atoms with Gasteiger partial charge in [-0.2, -0.15) is 0 Å². The lowest BCUT2D eigenvalue weighted by molar-refractivity contribution is 0.669. The molecular weight excluding hydrogens is 725 g/mol. The first-order chi connectivity index (χ1) is 28.7. The minimum atomic E-state index is 0.897. The van der Waals surface area contributed by atoms with Gasteiger partial charge in [-0.25, -0.2) is 0 Å². The van der Waals surface area contributed by atoms with Crippen LogP contribution in [0.15, 0.2) is 220 Å². The number of rotatable bonds is 5. The van der Waals surface area contributed by atoms with Crippen molar-refractivity contribution >= 4 is 72.6 Å². The van der Waals surface area contributed by atoms with E-state index in [-0.39, 0.29) is 0 Å². The molecule has 58 heavy (non-hydrogen) atoms. The highest BCUT2D eigenvalue weighted by Crippen LogP contribution is 2.54. The predicted octanol–water partition coefficient (Wildman–Crippen LogP) is 15.6. The smallest absolute Gasteiger partial charge is 0.159 e. The van der Waals surface area contributed by atoms with Crippen LogP contribution in [0, 0.1) is 0 Å². The van der Waals surface area contributed by atoms with Crippen LogP contribution in [0.5, 0.6) is 0 Å². The van der Waals surface area contributed by atoms with Crippen LogP contribution in [0.2, 0.25) is 0 Å². The van der Waals surface area contributed by atoms with E-state index in [4.69, 9.17) is 4.42 Å². The summed E-state index contributed by atoms with van der Waals surface area (Å²) in [6, 6.07) is 74.5. The number of para-hydroxylation sites is 4. The summed E-state index contributed by atoms with van der Waals surface area (Å²) < 4.78 is 8.97. The lowest BCUT2D eigenvalue weighted by Crippen LogP contribution is -2.15. The number of furan rings is 1. The van der Waals surface area contributed by atoms with E-state index in [2.05, 4.69) is 210 Å². The number of benzene rings is 9. The fourth-order valence-electron chi connectivity index (χ4n) is 8.84. The van der Waals surface area contributed by atoms with Crippen molar-refractivity contribution in [2.45, 2.75) is 9.79 Å². The van der Waals surface area contributed by atoms with Crippen LogP contribution in [0.3, 0.4) is 0 Å². The minimum Gasteiger partial charge on any atom is -0.454 e. The molecule has 1 aliphatic rings. The van der Waals surface area contributed by atoms with Crippen molar-refractivity contribution in [1.82, 2.24) is 4.57 Å². The SMILES string of the molecule is c1ccc(-c2ccc(-n3c4ccccc4c4ccc(-c5cccc(-c6ccc7c(c6)Sc6ccccc6N7c6cccc7c6oc6ccccc67)c5)cc43)cc2)cc1. The summed E-state index contributed by atoms with van der Waals surface area (Å²) in [4.78, 5) is 4.79. The van der Waals surface area contributed by atoms with Crippen molar-refractivity contribution in [3.05, 3.63) is 206 Å². The fraction of sp³-hybridized carbons (Fsp3) is 0. The Morgan fingerprint density at radius 2 is 0.931 bits per heavy atom. The van der Waals surface area contributed by atoms with E-state index in [1.54, 1.807) is 0 Å². The van der Waals surface area contributed by atoms with Gasteiger partial charge in [0.15, 0.2) is 5.58 Å². The monoisotopic (exact) mass is 758 g/mol. The summed E-state index contributed by atoms with van der Waals surface area (Å²) in [5.41, 5.74) is 15.9. The van der Waals surface area contributed by atoms with Gasteiger partial charge in [-0.1, -0.05) is 151 Å². The second-order valence-corrected chi connectivity index (χ2v) is 16.0. The molecule has 1 aliphatic heterocycles. The highest BCUT2D eigenvalue weighted by Gasteiger charge is 2.28. The number of nitrogens with zero attached hydrogens (tertiary/aromatic N) is 2. The number of aromatic nitrogens is 1. The first kappa shape index (κ1) is 32.9. The van der Waals surface area contributed by atoms with E-state index < -0.39 is 0 Å². The molecule has 3 nitrogen and oxygen atoms in total. The molecule has 0 saturated heterocycles. The molecule has 2 aromatic heterocycles. The average Bonchev–Trinajstić information content (AvgIpc) is 3.84. The summed E-state index contributed by atoms with van der Waals surface area (Å²) in [6.45, 7) is 0. The molecule has 12 rings (SSSR count). The topological polar surface area (TPSA) is 21.3 Å². The second kappa shape index (κ2) is 13.2. The number of hydrogen-bond donors (Lipinski definition) is 0. The molecule has 0 saturated carbocycles. The lowest BCUT2D eigenvalue weighted by atomic mass is 9.98. The van der Waals surface area contributed by atoms with Crippen LogP contribution in [-0.4, -0.2) is 4.57 Å². The summed E-state index contributed by atoms with van der Waals surface area (Å²) in [6.07, 6.45) is 0. The van der Waals surface area contributed by atoms with E-state index in [0.29, 0.717) is 0 Å². The van der Waals surface area contributed by atoms with Gasteiger partial charge < -0.3 is 13.9 Å². The minimum absolute atomic E-state index is 0.897. The molecule has 0 bridgehead atoms. The van der Waals surface area contributed by atoms with Gasteiger partial charge in [0.1, 0.15) is 5.58 Å². The molecular formula is C54H34N2OS. The largest absolute Gasteiger partial charge is 0.454 e. The van der Waals surface area contributed by atoms with Gasteiger partial charge in [0, 0.05) is 37.0 Å². The van der Waals surface area contributed by atoms with Gasteiger partial charge >= 0.3 is 0 Å². The van der Waals surface area contributed by atoms with Crippen molar-refractivity contribution in [3.8, 4) is 39.1 Å². The molecule has 4 heteroatoms. The maximum atomic E-state index is 6.56. The van der Waals surface area contributed by atoms with Crippen molar-refractivity contribution in [1.29, 1.82) is 0 Å². The summed E-state index contributed by atoms with van der Waals surface area (Å²) in [5, 5.41) is 4.76. The number of fused-ring (bicyclic) bond motifs is 8. The molecule has 9 aromatic carbocycles. The van der Waals surface area contributed by atoms with Crippen LogP contribution < -0.4 is 4.90 Å². The Morgan fingerprint density at radius 1 is 0.345 bits per heavy atom. The zero-order valence-electron chi connectivity index (χ0n) is 31.3. The van der Waals surface area contributed by atoms with E-state index >= 15 is 0 Å². The van der Waals surface area contributed by atoms with Crippen LogP contribution >= 0.6 is 11.8 Å². The van der Waals surface area contributed by atoms with Crippen molar-refractivity contribution in [3.63, 3.8) is 0 Å². The quantitative estimate of drug-likeness (QED) is 0.174. The normalized spacial score (nSPS) is 12.4. The molecule has 0 spiro atoms. The van der Waals surface area contributed by atoms with Gasteiger partial charge in [-0.3, -0.25) is 0 Å². The molecule has 0 aliphatic carbocycles. The van der Waals surface area contributed by atoms with E-state index in [1.807, 2.05) is 17.8 Å². The molecule has 0 atom stereocenters. The third kappa shape index (κ3) is 5.23. The van der Waals surface area contributed by atoms with Crippen LogP contribution in [-0.2, 0) is 0 Å². The molecule has 0 unspecified atom stereocenters. The zero-order valence-corrected chi connectivity index (χ0v) is 32.2. The van der Waals surface area contributed by atoms with Gasteiger partial charge in [0.25, 0.3) is 0 Å². The predicted molar refractivity (Wildman–Crippen MR) is 243 cm³/mol. The molecule has 11 aromatic rings. The Morgan fingerprint density at radius 3 is 1.81 bits per heavy atom. The zero-order chi connectivity index (χ0) is 38.2. The Bertz CT molecular complexity index is 3380. The van der Waals surface area contributed by atoms with Gasteiger partial charge in [0.2, 0.25) is 0 Å². The summed E-state index contributed by atoms with van der Waals surface area (Å²) in [7, 11) is 0. The third-order valence-corrected chi connectivity index (χ3v) is 12.7. The van der Waals surface area contributed by atoms with Gasteiger partial charge in [-0.15, -0.1) is 0 Å². The average molecular weight is 759 g/mol. The maximum absolute atomic E-state index is 6.56. The Balaban J connectivity index is 0.945. The first-order valence-electron chi connectivity index (χ1n) is 19.7.